The highest BCUT2D eigenvalue weighted by atomic mass is 127. The van der Waals surface area contributed by atoms with Gasteiger partial charge in [0.1, 0.15) is 0 Å². The smallest absolute Gasteiger partial charge is 0.0501 e. The predicted molar refractivity (Wildman–Crippen MR) is 35.1 cm³/mol. The van der Waals surface area contributed by atoms with Crippen LogP contribution in [0.4, 0.5) is 0 Å². The summed E-state index contributed by atoms with van der Waals surface area (Å²) in [5, 5.41) is 0. The summed E-state index contributed by atoms with van der Waals surface area (Å²) in [7, 11) is 1.18. The van der Waals surface area contributed by atoms with Crippen LogP contribution in [0.25, 0.3) is 0 Å². The maximum Gasteiger partial charge on any atom is 0.0501 e. The summed E-state index contributed by atoms with van der Waals surface area (Å²) in [6, 6.07) is 1.36. The first kappa shape index (κ1) is 5.95. The van der Waals surface area contributed by atoms with Crippen molar-refractivity contribution in [2.24, 2.45) is 0 Å². The van der Waals surface area contributed by atoms with E-state index in [1.807, 2.05) is 0 Å². The predicted octanol–water partition coefficient (Wildman–Crippen LogP) is 1.52. The number of halogens is 1. The molecule has 0 fully saturated rings. The molecule has 0 aliphatic carbocycles. The van der Waals surface area contributed by atoms with Crippen LogP contribution in [-0.2, 0) is 0 Å². The SMILES string of the molecule is CC[Si]CI. The van der Waals surface area contributed by atoms with E-state index >= 15 is 0 Å². The lowest BCUT2D eigenvalue weighted by molar-refractivity contribution is 1.45. The van der Waals surface area contributed by atoms with Gasteiger partial charge in [0.25, 0.3) is 0 Å². The van der Waals surface area contributed by atoms with E-state index < -0.39 is 0 Å². The molecule has 0 spiro atoms. The molecule has 0 saturated heterocycles. The molecular weight excluding hydrogens is 191 g/mol. The lowest BCUT2D eigenvalue weighted by Crippen LogP contribution is -1.83. The number of rotatable bonds is 2. The number of alkyl halides is 1. The molecule has 0 aliphatic heterocycles. The molecule has 0 saturated carbocycles. The second-order valence-corrected chi connectivity index (χ2v) is 4.50. The minimum Gasteiger partial charge on any atom is -0.0903 e. The quantitative estimate of drug-likeness (QED) is 0.358. The van der Waals surface area contributed by atoms with Crippen molar-refractivity contribution in [2.75, 3.05) is 4.05 Å². The molecule has 0 aromatic carbocycles. The second kappa shape index (κ2) is 4.95. The van der Waals surface area contributed by atoms with Crippen LogP contribution in [0, 0.1) is 0 Å². The molecule has 5 heavy (non-hydrogen) atoms. The molecule has 0 nitrogen and oxygen atoms in total. The van der Waals surface area contributed by atoms with Gasteiger partial charge in [0.05, 0.1) is 9.52 Å². The number of hydrogen-bond donors (Lipinski definition) is 0. The van der Waals surface area contributed by atoms with Crippen LogP contribution in [0.1, 0.15) is 6.92 Å². The van der Waals surface area contributed by atoms with E-state index in [1.54, 1.807) is 0 Å². The molecule has 0 N–H and O–H groups in total. The van der Waals surface area contributed by atoms with Gasteiger partial charge in [0.2, 0.25) is 0 Å². The van der Waals surface area contributed by atoms with E-state index in [2.05, 4.69) is 29.5 Å². The van der Waals surface area contributed by atoms with E-state index in [9.17, 15) is 0 Å². The average molecular weight is 198 g/mol. The Kier molecular flexibility index (Phi) is 5.88. The van der Waals surface area contributed by atoms with Gasteiger partial charge in [-0.2, -0.15) is 0 Å². The first-order valence-corrected chi connectivity index (χ1v) is 4.62. The van der Waals surface area contributed by atoms with E-state index in [4.69, 9.17) is 0 Å². The summed E-state index contributed by atoms with van der Waals surface area (Å²) in [6.07, 6.45) is 0. The Bertz CT molecular complexity index is 14.4. The summed E-state index contributed by atoms with van der Waals surface area (Å²) < 4.78 is 1.34. The molecule has 0 unspecified atom stereocenters. The minimum absolute atomic E-state index is 1.18. The van der Waals surface area contributed by atoms with Gasteiger partial charge < -0.3 is 0 Å². The Morgan fingerprint density at radius 2 is 2.40 bits per heavy atom. The molecule has 0 heterocycles. The number of hydrogen-bond acceptors (Lipinski definition) is 0. The van der Waals surface area contributed by atoms with Crippen LogP contribution in [0.2, 0.25) is 6.04 Å². The molecule has 2 radical (unpaired) electrons. The first-order chi connectivity index (χ1) is 2.41. The van der Waals surface area contributed by atoms with Gasteiger partial charge in [-0.25, -0.2) is 0 Å². The van der Waals surface area contributed by atoms with E-state index in [0.717, 1.165) is 0 Å². The Morgan fingerprint density at radius 1 is 1.80 bits per heavy atom. The van der Waals surface area contributed by atoms with Crippen molar-refractivity contribution >= 4 is 32.1 Å². The van der Waals surface area contributed by atoms with Gasteiger partial charge >= 0.3 is 0 Å². The molecule has 0 amide bonds. The average Bonchev–Trinajstić information content (AvgIpc) is 1.41. The maximum absolute atomic E-state index is 2.40. The van der Waals surface area contributed by atoms with Gasteiger partial charge in [-0.05, 0) is 4.05 Å². The standard InChI is InChI=1S/C3H7ISi/c1-2-5-3-4/h2-3H2,1H3. The van der Waals surface area contributed by atoms with Crippen molar-refractivity contribution < 1.29 is 0 Å². The molecule has 0 aromatic rings. The summed E-state index contributed by atoms with van der Waals surface area (Å²) in [4.78, 5) is 0. The van der Waals surface area contributed by atoms with Crippen LogP contribution in [0.15, 0.2) is 0 Å². The normalized spacial score (nSPS) is 8.40. The van der Waals surface area contributed by atoms with Crippen molar-refractivity contribution in [2.45, 2.75) is 13.0 Å². The van der Waals surface area contributed by atoms with E-state index in [-0.39, 0.29) is 0 Å². The maximum atomic E-state index is 2.40. The van der Waals surface area contributed by atoms with Crippen molar-refractivity contribution in [3.63, 3.8) is 0 Å². The van der Waals surface area contributed by atoms with Crippen LogP contribution in [-0.4, -0.2) is 13.6 Å². The van der Waals surface area contributed by atoms with Gasteiger partial charge in [0, 0.05) is 0 Å². The Morgan fingerprint density at radius 3 is 2.40 bits per heavy atom. The molecule has 2 heteroatoms. The topological polar surface area (TPSA) is 0 Å². The second-order valence-electron chi connectivity index (χ2n) is 0.737. The zero-order valence-corrected chi connectivity index (χ0v) is 6.45. The largest absolute Gasteiger partial charge is 0.0903 e. The fourth-order valence-corrected chi connectivity index (χ4v) is 1.90. The molecule has 0 aliphatic rings. The van der Waals surface area contributed by atoms with Crippen LogP contribution in [0.5, 0.6) is 0 Å². The van der Waals surface area contributed by atoms with Crippen LogP contribution < -0.4 is 0 Å². The first-order valence-electron chi connectivity index (χ1n) is 1.68. The van der Waals surface area contributed by atoms with Crippen molar-refractivity contribution in [3.05, 3.63) is 0 Å². The van der Waals surface area contributed by atoms with Gasteiger partial charge in [-0.3, -0.25) is 0 Å². The molecule has 0 rings (SSSR count). The fraction of sp³-hybridized carbons (Fsp3) is 1.00. The van der Waals surface area contributed by atoms with Gasteiger partial charge in [-0.1, -0.05) is 35.6 Å². The molecule has 30 valence electrons. The monoisotopic (exact) mass is 198 g/mol. The lowest BCUT2D eigenvalue weighted by Gasteiger charge is -1.75. The molecule has 0 aromatic heterocycles. The van der Waals surface area contributed by atoms with Gasteiger partial charge in [-0.15, -0.1) is 0 Å². The highest BCUT2D eigenvalue weighted by Gasteiger charge is 1.72. The van der Waals surface area contributed by atoms with Crippen LogP contribution in [0.3, 0.4) is 0 Å². The molecule has 0 atom stereocenters. The Hall–Kier alpha value is 0.947. The zero-order chi connectivity index (χ0) is 4.12. The van der Waals surface area contributed by atoms with Crippen molar-refractivity contribution in [1.82, 2.24) is 0 Å². The summed E-state index contributed by atoms with van der Waals surface area (Å²) in [5.41, 5.74) is 0. The van der Waals surface area contributed by atoms with Crippen molar-refractivity contribution in [1.29, 1.82) is 0 Å². The summed E-state index contributed by atoms with van der Waals surface area (Å²) >= 11 is 2.40. The lowest BCUT2D eigenvalue weighted by atomic mass is 11.0. The fourth-order valence-electron chi connectivity index (χ4n) is 0.0945. The third-order valence-corrected chi connectivity index (χ3v) is 2.65. The highest BCUT2D eigenvalue weighted by Crippen LogP contribution is 1.79. The van der Waals surface area contributed by atoms with Crippen LogP contribution >= 0.6 is 22.6 Å². The summed E-state index contributed by atoms with van der Waals surface area (Å²) in [5.74, 6) is 0. The Labute approximate surface area is 49.3 Å². The third-order valence-electron chi connectivity index (χ3n) is 0.344. The third kappa shape index (κ3) is 4.95. The minimum atomic E-state index is 1.18. The van der Waals surface area contributed by atoms with E-state index in [0.29, 0.717) is 0 Å². The highest BCUT2D eigenvalue weighted by molar-refractivity contribution is 14.1. The Balaban J connectivity index is 2.19. The molecule has 0 bridgehead atoms. The summed E-state index contributed by atoms with van der Waals surface area (Å²) in [6.45, 7) is 2.22. The van der Waals surface area contributed by atoms with Crippen molar-refractivity contribution in [3.8, 4) is 0 Å². The molecular formula is C3H7ISi. The zero-order valence-electron chi connectivity index (χ0n) is 3.29. The van der Waals surface area contributed by atoms with Gasteiger partial charge in [0.15, 0.2) is 0 Å². The van der Waals surface area contributed by atoms with E-state index in [1.165, 1.54) is 19.6 Å².